The first kappa shape index (κ1) is 9.79. The summed E-state index contributed by atoms with van der Waals surface area (Å²) in [6.07, 6.45) is 1.61. The van der Waals surface area contributed by atoms with E-state index < -0.39 is 0 Å². The SMILES string of the molecule is CC1(C)c2ccccc2-c2ncc(Cl)nc21. The largest absolute Gasteiger partial charge is 0.251 e. The minimum atomic E-state index is -0.107. The first-order valence-corrected chi connectivity index (χ1v) is 5.61. The zero-order valence-corrected chi connectivity index (χ0v) is 9.92. The molecule has 0 amide bonds. The fourth-order valence-electron chi connectivity index (χ4n) is 2.36. The molecule has 80 valence electrons. The van der Waals surface area contributed by atoms with Crippen molar-refractivity contribution in [2.24, 2.45) is 0 Å². The lowest BCUT2D eigenvalue weighted by Gasteiger charge is -2.19. The van der Waals surface area contributed by atoms with Crippen LogP contribution in [0.15, 0.2) is 30.5 Å². The van der Waals surface area contributed by atoms with Gasteiger partial charge in [-0.15, -0.1) is 0 Å². The minimum absolute atomic E-state index is 0.107. The van der Waals surface area contributed by atoms with Gasteiger partial charge in [-0.3, -0.25) is 4.98 Å². The molecule has 1 aromatic carbocycles. The van der Waals surface area contributed by atoms with Gasteiger partial charge in [-0.25, -0.2) is 4.98 Å². The predicted octanol–water partition coefficient (Wildman–Crippen LogP) is 3.44. The highest BCUT2D eigenvalue weighted by Gasteiger charge is 2.37. The summed E-state index contributed by atoms with van der Waals surface area (Å²) in [5.41, 5.74) is 4.27. The van der Waals surface area contributed by atoms with Crippen molar-refractivity contribution in [3.63, 3.8) is 0 Å². The fraction of sp³-hybridized carbons (Fsp3) is 0.231. The zero-order chi connectivity index (χ0) is 11.3. The second-order valence-corrected chi connectivity index (χ2v) is 4.95. The first-order chi connectivity index (χ1) is 7.60. The number of hydrogen-bond acceptors (Lipinski definition) is 2. The molecule has 0 unspecified atom stereocenters. The molecule has 0 radical (unpaired) electrons. The molecule has 16 heavy (non-hydrogen) atoms. The third-order valence-corrected chi connectivity index (χ3v) is 3.37. The molecular formula is C13H11ClN2. The summed E-state index contributed by atoms with van der Waals surface area (Å²) in [5, 5.41) is 0.458. The molecule has 2 nitrogen and oxygen atoms in total. The lowest BCUT2D eigenvalue weighted by Crippen LogP contribution is -2.16. The zero-order valence-electron chi connectivity index (χ0n) is 9.16. The highest BCUT2D eigenvalue weighted by atomic mass is 35.5. The Bertz CT molecular complexity index is 576. The standard InChI is InChI=1S/C13H11ClN2/c1-13(2)9-6-4-3-5-8(9)11-12(13)16-10(14)7-15-11/h3-7H,1-2H3. The molecule has 0 saturated heterocycles. The second-order valence-electron chi connectivity index (χ2n) is 4.56. The molecule has 2 aromatic rings. The molecule has 1 aliphatic carbocycles. The van der Waals surface area contributed by atoms with Crippen molar-refractivity contribution in [3.8, 4) is 11.3 Å². The van der Waals surface area contributed by atoms with Gasteiger partial charge in [0.05, 0.1) is 17.6 Å². The molecule has 0 atom stereocenters. The number of aromatic nitrogens is 2. The van der Waals surface area contributed by atoms with Crippen molar-refractivity contribution >= 4 is 11.6 Å². The van der Waals surface area contributed by atoms with Gasteiger partial charge in [0.25, 0.3) is 0 Å². The van der Waals surface area contributed by atoms with Gasteiger partial charge in [-0.1, -0.05) is 49.7 Å². The molecule has 0 aliphatic heterocycles. The molecule has 1 aromatic heterocycles. The first-order valence-electron chi connectivity index (χ1n) is 5.23. The maximum atomic E-state index is 5.92. The highest BCUT2D eigenvalue weighted by Crippen LogP contribution is 2.46. The van der Waals surface area contributed by atoms with Crippen molar-refractivity contribution in [2.45, 2.75) is 19.3 Å². The Hall–Kier alpha value is -1.41. The van der Waals surface area contributed by atoms with E-state index in [1.165, 1.54) is 11.1 Å². The van der Waals surface area contributed by atoms with Crippen LogP contribution in [-0.2, 0) is 5.41 Å². The average Bonchev–Trinajstić information content (AvgIpc) is 2.49. The van der Waals surface area contributed by atoms with Crippen LogP contribution >= 0.6 is 11.6 Å². The van der Waals surface area contributed by atoms with E-state index in [1.807, 2.05) is 12.1 Å². The van der Waals surface area contributed by atoms with E-state index >= 15 is 0 Å². The Labute approximate surface area is 99.3 Å². The van der Waals surface area contributed by atoms with Gasteiger partial charge in [-0.05, 0) is 5.56 Å². The minimum Gasteiger partial charge on any atom is -0.251 e. The number of fused-ring (bicyclic) bond motifs is 3. The Balaban J connectivity index is 2.39. The Morgan fingerprint density at radius 3 is 2.75 bits per heavy atom. The number of halogens is 1. The van der Waals surface area contributed by atoms with Crippen LogP contribution in [0.2, 0.25) is 5.15 Å². The summed E-state index contributed by atoms with van der Waals surface area (Å²) in [6, 6.07) is 8.30. The summed E-state index contributed by atoms with van der Waals surface area (Å²) in [4.78, 5) is 8.83. The molecule has 0 spiro atoms. The van der Waals surface area contributed by atoms with E-state index in [2.05, 4.69) is 35.9 Å². The molecule has 1 aliphatic rings. The third kappa shape index (κ3) is 1.14. The second kappa shape index (κ2) is 3.05. The van der Waals surface area contributed by atoms with Gasteiger partial charge in [0.15, 0.2) is 0 Å². The number of hydrogen-bond donors (Lipinski definition) is 0. The Morgan fingerprint density at radius 2 is 1.94 bits per heavy atom. The van der Waals surface area contributed by atoms with Crippen molar-refractivity contribution in [1.82, 2.24) is 9.97 Å². The number of nitrogens with zero attached hydrogens (tertiary/aromatic N) is 2. The van der Waals surface area contributed by atoms with E-state index in [0.717, 1.165) is 11.4 Å². The quantitative estimate of drug-likeness (QED) is 0.693. The Kier molecular flexibility index (Phi) is 1.86. The van der Waals surface area contributed by atoms with E-state index in [4.69, 9.17) is 11.6 Å². The lowest BCUT2D eigenvalue weighted by atomic mass is 9.85. The average molecular weight is 231 g/mol. The van der Waals surface area contributed by atoms with Gasteiger partial charge in [0, 0.05) is 11.0 Å². The molecule has 3 rings (SSSR count). The molecule has 0 saturated carbocycles. The van der Waals surface area contributed by atoms with Crippen LogP contribution in [0.25, 0.3) is 11.3 Å². The summed E-state index contributed by atoms with van der Waals surface area (Å²) < 4.78 is 0. The normalized spacial score (nSPS) is 15.7. The maximum absolute atomic E-state index is 5.92. The van der Waals surface area contributed by atoms with Gasteiger partial charge >= 0.3 is 0 Å². The summed E-state index contributed by atoms with van der Waals surface area (Å²) in [6.45, 7) is 4.31. The van der Waals surface area contributed by atoms with Crippen molar-refractivity contribution in [3.05, 3.63) is 46.9 Å². The molecule has 1 heterocycles. The van der Waals surface area contributed by atoms with Crippen molar-refractivity contribution in [2.75, 3.05) is 0 Å². The van der Waals surface area contributed by atoms with Crippen LogP contribution in [0.5, 0.6) is 0 Å². The van der Waals surface area contributed by atoms with Crippen LogP contribution in [0.1, 0.15) is 25.1 Å². The fourth-order valence-corrected chi connectivity index (χ4v) is 2.50. The van der Waals surface area contributed by atoms with Crippen LogP contribution in [-0.4, -0.2) is 9.97 Å². The topological polar surface area (TPSA) is 25.8 Å². The predicted molar refractivity (Wildman–Crippen MR) is 64.6 cm³/mol. The van der Waals surface area contributed by atoms with Gasteiger partial charge < -0.3 is 0 Å². The number of benzene rings is 1. The smallest absolute Gasteiger partial charge is 0.147 e. The summed E-state index contributed by atoms with van der Waals surface area (Å²) in [7, 11) is 0. The van der Waals surface area contributed by atoms with Gasteiger partial charge in [0.2, 0.25) is 0 Å². The third-order valence-electron chi connectivity index (χ3n) is 3.19. The van der Waals surface area contributed by atoms with Gasteiger partial charge in [0.1, 0.15) is 5.15 Å². The van der Waals surface area contributed by atoms with E-state index in [-0.39, 0.29) is 5.41 Å². The molecule has 0 bridgehead atoms. The molecule has 0 N–H and O–H groups in total. The van der Waals surface area contributed by atoms with E-state index in [1.54, 1.807) is 6.20 Å². The molecule has 3 heteroatoms. The van der Waals surface area contributed by atoms with Crippen LogP contribution in [0.3, 0.4) is 0 Å². The summed E-state index contributed by atoms with van der Waals surface area (Å²) >= 11 is 5.92. The van der Waals surface area contributed by atoms with Gasteiger partial charge in [-0.2, -0.15) is 0 Å². The number of rotatable bonds is 0. The highest BCUT2D eigenvalue weighted by molar-refractivity contribution is 6.29. The maximum Gasteiger partial charge on any atom is 0.147 e. The molecular weight excluding hydrogens is 220 g/mol. The lowest BCUT2D eigenvalue weighted by molar-refractivity contribution is 0.635. The van der Waals surface area contributed by atoms with Crippen molar-refractivity contribution in [1.29, 1.82) is 0 Å². The van der Waals surface area contributed by atoms with Crippen LogP contribution in [0.4, 0.5) is 0 Å². The molecule has 0 fully saturated rings. The summed E-state index contributed by atoms with van der Waals surface area (Å²) in [5.74, 6) is 0. The van der Waals surface area contributed by atoms with E-state index in [0.29, 0.717) is 5.15 Å². The van der Waals surface area contributed by atoms with Crippen LogP contribution < -0.4 is 0 Å². The van der Waals surface area contributed by atoms with Crippen molar-refractivity contribution < 1.29 is 0 Å². The monoisotopic (exact) mass is 230 g/mol. The van der Waals surface area contributed by atoms with E-state index in [9.17, 15) is 0 Å². The Morgan fingerprint density at radius 1 is 1.19 bits per heavy atom. The van der Waals surface area contributed by atoms with Crippen LogP contribution in [0, 0.1) is 0 Å².